The number of aliphatic hydroxyl groups excluding tert-OH is 2. The molecular formula is C51H78N4O14. The van der Waals surface area contributed by atoms with Crippen LogP contribution in [0, 0.1) is 11.8 Å². The number of fused-ring (bicyclic) bond motifs is 1. The van der Waals surface area contributed by atoms with E-state index in [1.54, 1.807) is 59.8 Å². The van der Waals surface area contributed by atoms with E-state index >= 15 is 0 Å². The zero-order valence-electron chi connectivity index (χ0n) is 42.1. The molecule has 6 unspecified atom stereocenters. The maximum atomic E-state index is 14.2. The number of methoxy groups -OCH3 is 1. The molecule has 0 saturated carbocycles. The summed E-state index contributed by atoms with van der Waals surface area (Å²) in [6.07, 6.45) is -3.88. The number of pyridine rings is 1. The maximum Gasteiger partial charge on any atom is 0.305 e. The molecule has 0 radical (unpaired) electrons. The minimum Gasteiger partial charge on any atom is -0.459 e. The van der Waals surface area contributed by atoms with Gasteiger partial charge in [-0.25, -0.2) is 0 Å². The summed E-state index contributed by atoms with van der Waals surface area (Å²) in [6.45, 7) is 11.0. The maximum absolute atomic E-state index is 14.2. The first-order valence-electron chi connectivity index (χ1n) is 24.5. The predicted molar refractivity (Wildman–Crippen MR) is 256 cm³/mol. The number of nitrogens with zero attached hydrogens (tertiary/aromatic N) is 3. The standard InChI is InChI=1S/C51H78N4O14/c1-11-41(59)66-39-26-40(58)53-36(18-15-16-33-25-34-17-13-14-19-37(34)52-28-33)20-22-55(9)29-38(57)30(3)24-35(21-23-56)47(48(39)63-10)69-50-45(61)44(54(7)8)46(31(4)65-50)68-43-27-51(6,62)49(32(5)64-43)67-42(60)12-2/h13-17,19,23,25,28,30-32,35-36,38-39,43-50,57,61-62H,11-12,18,20-22,24,26-27,29H2,1-10H3,(H,53,58)/b16-15+/t30-,31?,32?,35+,36?,38+,39-,43+,44?,45?,46-,47+,48+,49-,50+,51?/m1/s1. The van der Waals surface area contributed by atoms with Crippen molar-refractivity contribution >= 4 is 41.1 Å². The van der Waals surface area contributed by atoms with E-state index in [0.717, 1.165) is 22.8 Å². The predicted octanol–water partition coefficient (Wildman–Crippen LogP) is 3.79. The zero-order chi connectivity index (χ0) is 50.6. The van der Waals surface area contributed by atoms with Crippen molar-refractivity contribution in [1.29, 1.82) is 0 Å². The van der Waals surface area contributed by atoms with E-state index in [1.165, 1.54) is 7.11 Å². The van der Waals surface area contributed by atoms with E-state index in [4.69, 9.17) is 33.2 Å². The van der Waals surface area contributed by atoms with E-state index in [0.29, 0.717) is 25.9 Å². The van der Waals surface area contributed by atoms with Gasteiger partial charge >= 0.3 is 11.9 Å². The van der Waals surface area contributed by atoms with Crippen LogP contribution in [0.25, 0.3) is 17.0 Å². The molecule has 3 fully saturated rings. The Morgan fingerprint density at radius 1 is 1.00 bits per heavy atom. The van der Waals surface area contributed by atoms with Crippen molar-refractivity contribution < 1.29 is 67.7 Å². The average Bonchev–Trinajstić information content (AvgIpc) is 3.29. The Labute approximate surface area is 407 Å². The van der Waals surface area contributed by atoms with E-state index in [1.807, 2.05) is 61.4 Å². The first-order chi connectivity index (χ1) is 32.8. The Bertz CT molecular complexity index is 2000. The Morgan fingerprint density at radius 3 is 2.38 bits per heavy atom. The van der Waals surface area contributed by atoms with Gasteiger partial charge in [0.15, 0.2) is 18.7 Å². The summed E-state index contributed by atoms with van der Waals surface area (Å²) in [5.74, 6) is -2.53. The number of benzene rings is 1. The molecule has 5 rings (SSSR count). The van der Waals surface area contributed by atoms with E-state index < -0.39 is 103 Å². The fourth-order valence-electron chi connectivity index (χ4n) is 9.87. The summed E-state index contributed by atoms with van der Waals surface area (Å²) >= 11 is 0. The molecule has 16 atom stereocenters. The molecule has 4 N–H and O–H groups in total. The number of hydrogen-bond acceptors (Lipinski definition) is 17. The highest BCUT2D eigenvalue weighted by atomic mass is 16.7. The van der Waals surface area contributed by atoms with Gasteiger partial charge in [0.1, 0.15) is 36.3 Å². The fraction of sp³-hybridized carbons (Fsp3) is 0.706. The second kappa shape index (κ2) is 26.0. The molecule has 0 aliphatic carbocycles. The molecule has 0 spiro atoms. The van der Waals surface area contributed by atoms with E-state index in [2.05, 4.69) is 10.3 Å². The van der Waals surface area contributed by atoms with Crippen molar-refractivity contribution in [2.45, 2.75) is 178 Å². The van der Waals surface area contributed by atoms with Crippen LogP contribution in [0.4, 0.5) is 0 Å². The van der Waals surface area contributed by atoms with Gasteiger partial charge < -0.3 is 68.4 Å². The normalized spacial score (nSPS) is 35.8. The molecule has 18 nitrogen and oxygen atoms in total. The lowest BCUT2D eigenvalue weighted by molar-refractivity contribution is -0.344. The van der Waals surface area contributed by atoms with Crippen LogP contribution < -0.4 is 5.32 Å². The molecular weight excluding hydrogens is 893 g/mol. The van der Waals surface area contributed by atoms with Crippen LogP contribution >= 0.6 is 0 Å². The number of amides is 1. The van der Waals surface area contributed by atoms with Gasteiger partial charge in [0.05, 0.1) is 42.4 Å². The topological polar surface area (TPSA) is 225 Å². The first-order valence-corrected chi connectivity index (χ1v) is 24.5. The van der Waals surface area contributed by atoms with Crippen LogP contribution in [0.2, 0.25) is 0 Å². The molecule has 2 aromatic rings. The van der Waals surface area contributed by atoms with Gasteiger partial charge in [-0.2, -0.15) is 0 Å². The number of para-hydroxylation sites is 1. The smallest absolute Gasteiger partial charge is 0.305 e. The second-order valence-electron chi connectivity index (χ2n) is 19.6. The van der Waals surface area contributed by atoms with Crippen molar-refractivity contribution in [2.24, 2.45) is 11.8 Å². The number of aldehydes is 1. The highest BCUT2D eigenvalue weighted by molar-refractivity contribution is 5.80. The quantitative estimate of drug-likeness (QED) is 0.147. The third-order valence-electron chi connectivity index (χ3n) is 13.7. The molecule has 3 aliphatic heterocycles. The summed E-state index contributed by atoms with van der Waals surface area (Å²) in [7, 11) is 6.84. The molecule has 1 aromatic heterocycles. The molecule has 3 aliphatic rings. The van der Waals surface area contributed by atoms with Crippen LogP contribution in [0.5, 0.6) is 0 Å². The highest BCUT2D eigenvalue weighted by Crippen LogP contribution is 2.38. The Morgan fingerprint density at radius 2 is 1.71 bits per heavy atom. The van der Waals surface area contributed by atoms with Crippen LogP contribution in [-0.4, -0.2) is 181 Å². The summed E-state index contributed by atoms with van der Waals surface area (Å²) in [5.41, 5.74) is 0.298. The number of hydrogen-bond donors (Lipinski definition) is 4. The van der Waals surface area contributed by atoms with Crippen molar-refractivity contribution in [3.63, 3.8) is 0 Å². The molecule has 4 heterocycles. The molecule has 18 heteroatoms. The minimum atomic E-state index is -1.50. The van der Waals surface area contributed by atoms with Crippen molar-refractivity contribution in [3.8, 4) is 0 Å². The summed E-state index contributed by atoms with van der Waals surface area (Å²) < 4.78 is 43.7. The van der Waals surface area contributed by atoms with E-state index in [-0.39, 0.29) is 50.5 Å². The van der Waals surface area contributed by atoms with Crippen LogP contribution in [0.15, 0.2) is 42.6 Å². The van der Waals surface area contributed by atoms with Crippen LogP contribution in [0.3, 0.4) is 0 Å². The molecule has 1 aromatic carbocycles. The first kappa shape index (κ1) is 56.0. The third kappa shape index (κ3) is 15.3. The monoisotopic (exact) mass is 971 g/mol. The van der Waals surface area contributed by atoms with E-state index in [9.17, 15) is 34.5 Å². The number of rotatable bonds is 15. The zero-order valence-corrected chi connectivity index (χ0v) is 42.1. The summed E-state index contributed by atoms with van der Waals surface area (Å²) in [5, 5.41) is 39.5. The SMILES string of the molecule is CCC(=O)O[C@@H]1C(C)O[C@@H](O[C@@H]2C(C)O[C@@H](O[C@H]3[C@@H](CC=O)C[C@@H](C)[C@@H](O)CN(C)CCC(C/C=C/c4cnc5ccccc5c4)NC(=O)C[C@@H](OC(=O)CC)[C@@H]3OC)C(O)C2N(C)C)CC1(C)O. The number of esters is 2. The summed E-state index contributed by atoms with van der Waals surface area (Å²) in [6, 6.07) is 8.77. The molecule has 69 heavy (non-hydrogen) atoms. The van der Waals surface area contributed by atoms with Gasteiger partial charge in [0, 0.05) is 57.0 Å². The lowest BCUT2D eigenvalue weighted by Crippen LogP contribution is -2.66. The van der Waals surface area contributed by atoms with Gasteiger partial charge in [-0.3, -0.25) is 19.4 Å². The number of carbonyl (C=O) groups is 4. The van der Waals surface area contributed by atoms with Gasteiger partial charge in [-0.05, 0) is 97.3 Å². The van der Waals surface area contributed by atoms with Crippen molar-refractivity contribution in [3.05, 3.63) is 48.2 Å². The van der Waals surface area contributed by atoms with Gasteiger partial charge in [0.2, 0.25) is 5.91 Å². The van der Waals surface area contributed by atoms with Gasteiger partial charge in [-0.15, -0.1) is 0 Å². The number of aromatic nitrogens is 1. The number of nitrogens with one attached hydrogen (secondary N) is 1. The van der Waals surface area contributed by atoms with Gasteiger partial charge in [0.25, 0.3) is 0 Å². The number of β-amino-alcohol motifs (C(OH)–C–C–N with tert-alkyl or cyclic N) is 1. The third-order valence-corrected chi connectivity index (χ3v) is 13.7. The largest absolute Gasteiger partial charge is 0.459 e. The Balaban J connectivity index is 1.44. The lowest BCUT2D eigenvalue weighted by atomic mass is 9.82. The number of aliphatic hydroxyl groups is 3. The fourth-order valence-corrected chi connectivity index (χ4v) is 9.87. The summed E-state index contributed by atoms with van der Waals surface area (Å²) in [4.78, 5) is 60.5. The van der Waals surface area contributed by atoms with Crippen molar-refractivity contribution in [1.82, 2.24) is 20.1 Å². The molecule has 0 bridgehead atoms. The Kier molecular flexibility index (Phi) is 21.1. The van der Waals surface area contributed by atoms with Crippen molar-refractivity contribution in [2.75, 3.05) is 41.3 Å². The minimum absolute atomic E-state index is 0.00177. The number of carbonyl (C=O) groups excluding carboxylic acids is 4. The number of likely N-dealkylation sites (N-methyl/N-ethyl adjacent to an activating group) is 2. The number of ether oxygens (including phenoxy) is 7. The molecule has 1 amide bonds. The molecule has 3 saturated heterocycles. The lowest BCUT2D eigenvalue weighted by Gasteiger charge is -2.50. The van der Waals surface area contributed by atoms with Crippen LogP contribution in [-0.2, 0) is 52.3 Å². The average molecular weight is 971 g/mol. The second-order valence-corrected chi connectivity index (χ2v) is 19.6. The van der Waals surface area contributed by atoms with Crippen LogP contribution in [0.1, 0.15) is 98.5 Å². The Hall–Kier alpha value is -3.95. The molecule has 386 valence electrons. The van der Waals surface area contributed by atoms with Gasteiger partial charge in [-0.1, -0.05) is 51.1 Å². The highest BCUT2D eigenvalue weighted by Gasteiger charge is 2.53.